The molecule has 0 aromatic heterocycles. The smallest absolute Gasteiger partial charge is 0.251 e. The van der Waals surface area contributed by atoms with Gasteiger partial charge in [0.2, 0.25) is 0 Å². The molecule has 1 aromatic rings. The molecule has 0 aliphatic rings. The summed E-state index contributed by atoms with van der Waals surface area (Å²) in [5, 5.41) is 0. The Morgan fingerprint density at radius 1 is 1.17 bits per heavy atom. The molecule has 100 valence electrons. The third-order valence-corrected chi connectivity index (χ3v) is 3.23. The lowest BCUT2D eigenvalue weighted by Gasteiger charge is -2.27. The molecule has 0 spiro atoms. The molecule has 0 N–H and O–H groups in total. The molecular weight excluding hydrogens is 230 g/mol. The third-order valence-electron chi connectivity index (χ3n) is 3.23. The van der Waals surface area contributed by atoms with Crippen molar-refractivity contribution in [2.45, 2.75) is 26.0 Å². The van der Waals surface area contributed by atoms with Gasteiger partial charge in [0.05, 0.1) is 13.2 Å². The standard InChI is InChI=1S/C14H21NO3/c1-10(15(3)14(16)11(2)17-4)12-6-8-13(18-5)9-7-12/h6-11H,1-5H3/t10-,11-/m1/s1. The number of hydrogen-bond donors (Lipinski definition) is 0. The number of carbonyl (C=O) groups is 1. The number of nitrogens with zero attached hydrogens (tertiary/aromatic N) is 1. The summed E-state index contributed by atoms with van der Waals surface area (Å²) in [5.41, 5.74) is 1.06. The van der Waals surface area contributed by atoms with E-state index in [2.05, 4.69) is 0 Å². The van der Waals surface area contributed by atoms with Crippen molar-refractivity contribution >= 4 is 5.91 Å². The number of carbonyl (C=O) groups excluding carboxylic acids is 1. The van der Waals surface area contributed by atoms with E-state index in [1.165, 1.54) is 7.11 Å². The van der Waals surface area contributed by atoms with Gasteiger partial charge >= 0.3 is 0 Å². The predicted molar refractivity (Wildman–Crippen MR) is 70.7 cm³/mol. The van der Waals surface area contributed by atoms with Gasteiger partial charge in [0.15, 0.2) is 0 Å². The van der Waals surface area contributed by atoms with Crippen LogP contribution < -0.4 is 4.74 Å². The molecule has 2 atom stereocenters. The van der Waals surface area contributed by atoms with Gasteiger partial charge in [0.25, 0.3) is 5.91 Å². The Morgan fingerprint density at radius 3 is 2.17 bits per heavy atom. The summed E-state index contributed by atoms with van der Waals surface area (Å²) >= 11 is 0. The largest absolute Gasteiger partial charge is 0.497 e. The first kappa shape index (κ1) is 14.5. The summed E-state index contributed by atoms with van der Waals surface area (Å²) in [7, 11) is 4.95. The molecular formula is C14H21NO3. The van der Waals surface area contributed by atoms with Crippen LogP contribution in [0.1, 0.15) is 25.5 Å². The minimum Gasteiger partial charge on any atom is -0.497 e. The number of hydrogen-bond acceptors (Lipinski definition) is 3. The summed E-state index contributed by atoms with van der Waals surface area (Å²) in [5.74, 6) is 0.783. The lowest BCUT2D eigenvalue weighted by Crippen LogP contribution is -2.37. The predicted octanol–water partition coefficient (Wildman–Crippen LogP) is 2.25. The van der Waals surface area contributed by atoms with Gasteiger partial charge in [-0.25, -0.2) is 0 Å². The van der Waals surface area contributed by atoms with Crippen LogP contribution in [0.15, 0.2) is 24.3 Å². The SMILES string of the molecule is COc1ccc([C@@H](C)N(C)C(=O)[C@@H](C)OC)cc1. The molecule has 0 aliphatic heterocycles. The van der Waals surface area contributed by atoms with Crippen LogP contribution in [0.5, 0.6) is 5.75 Å². The maximum absolute atomic E-state index is 12.0. The molecule has 0 saturated carbocycles. The van der Waals surface area contributed by atoms with Crippen molar-refractivity contribution in [3.05, 3.63) is 29.8 Å². The average Bonchev–Trinajstić information content (AvgIpc) is 2.44. The van der Waals surface area contributed by atoms with Crippen LogP contribution >= 0.6 is 0 Å². The summed E-state index contributed by atoms with van der Waals surface area (Å²) in [6.45, 7) is 3.74. The van der Waals surface area contributed by atoms with E-state index < -0.39 is 6.10 Å². The topological polar surface area (TPSA) is 38.8 Å². The van der Waals surface area contributed by atoms with Crippen molar-refractivity contribution in [2.75, 3.05) is 21.3 Å². The highest BCUT2D eigenvalue weighted by Gasteiger charge is 2.22. The fourth-order valence-electron chi connectivity index (χ4n) is 1.68. The number of ether oxygens (including phenoxy) is 2. The van der Waals surface area contributed by atoms with Crippen LogP contribution in [0, 0.1) is 0 Å². The molecule has 0 unspecified atom stereocenters. The van der Waals surface area contributed by atoms with E-state index in [4.69, 9.17) is 9.47 Å². The highest BCUT2D eigenvalue weighted by Crippen LogP contribution is 2.22. The molecule has 0 aliphatic carbocycles. The third kappa shape index (κ3) is 3.23. The van der Waals surface area contributed by atoms with E-state index >= 15 is 0 Å². The first-order valence-electron chi connectivity index (χ1n) is 5.94. The fourth-order valence-corrected chi connectivity index (χ4v) is 1.68. The van der Waals surface area contributed by atoms with E-state index in [1.807, 2.05) is 31.2 Å². The maximum Gasteiger partial charge on any atom is 0.251 e. The maximum atomic E-state index is 12.0. The Hall–Kier alpha value is -1.55. The molecule has 0 saturated heterocycles. The van der Waals surface area contributed by atoms with E-state index in [9.17, 15) is 4.79 Å². The zero-order valence-electron chi connectivity index (χ0n) is 11.6. The van der Waals surface area contributed by atoms with E-state index in [0.29, 0.717) is 0 Å². The number of likely N-dealkylation sites (N-methyl/N-ethyl adjacent to an activating group) is 1. The Bertz CT molecular complexity index is 389. The van der Waals surface area contributed by atoms with Gasteiger partial charge in [-0.15, -0.1) is 0 Å². The zero-order valence-corrected chi connectivity index (χ0v) is 11.6. The van der Waals surface area contributed by atoms with Gasteiger partial charge in [0.1, 0.15) is 11.9 Å². The lowest BCUT2D eigenvalue weighted by atomic mass is 10.1. The van der Waals surface area contributed by atoms with E-state index in [1.54, 1.807) is 26.0 Å². The number of benzene rings is 1. The first-order valence-corrected chi connectivity index (χ1v) is 5.94. The highest BCUT2D eigenvalue weighted by atomic mass is 16.5. The Kier molecular flexibility index (Phi) is 5.16. The van der Waals surface area contributed by atoms with Gasteiger partial charge < -0.3 is 14.4 Å². The van der Waals surface area contributed by atoms with Crippen molar-refractivity contribution in [1.82, 2.24) is 4.90 Å². The summed E-state index contributed by atoms with van der Waals surface area (Å²) in [6.07, 6.45) is -0.421. The number of methoxy groups -OCH3 is 2. The van der Waals surface area contributed by atoms with Crippen molar-refractivity contribution in [3.63, 3.8) is 0 Å². The van der Waals surface area contributed by atoms with E-state index in [-0.39, 0.29) is 11.9 Å². The zero-order chi connectivity index (χ0) is 13.7. The minimum atomic E-state index is -0.421. The molecule has 1 rings (SSSR count). The van der Waals surface area contributed by atoms with Crippen molar-refractivity contribution in [3.8, 4) is 5.75 Å². The molecule has 0 radical (unpaired) electrons. The molecule has 1 amide bonds. The van der Waals surface area contributed by atoms with Gasteiger partial charge in [-0.3, -0.25) is 4.79 Å². The summed E-state index contributed by atoms with van der Waals surface area (Å²) < 4.78 is 10.2. The average molecular weight is 251 g/mol. The van der Waals surface area contributed by atoms with Crippen molar-refractivity contribution < 1.29 is 14.3 Å². The second kappa shape index (κ2) is 6.40. The summed E-state index contributed by atoms with van der Waals surface area (Å²) in [6, 6.07) is 7.71. The quantitative estimate of drug-likeness (QED) is 0.805. The molecule has 4 heteroatoms. The van der Waals surface area contributed by atoms with E-state index in [0.717, 1.165) is 11.3 Å². The molecule has 0 heterocycles. The van der Waals surface area contributed by atoms with Crippen molar-refractivity contribution in [1.29, 1.82) is 0 Å². The van der Waals surface area contributed by atoms with Gasteiger partial charge in [0, 0.05) is 14.2 Å². The van der Waals surface area contributed by atoms with Gasteiger partial charge in [-0.05, 0) is 31.5 Å². The Labute approximate surface area is 108 Å². The molecule has 1 aromatic carbocycles. The molecule has 18 heavy (non-hydrogen) atoms. The molecule has 0 bridgehead atoms. The first-order chi connectivity index (χ1) is 8.51. The van der Waals surface area contributed by atoms with Crippen LogP contribution in [-0.4, -0.2) is 38.2 Å². The van der Waals surface area contributed by atoms with Gasteiger partial charge in [-0.2, -0.15) is 0 Å². The normalized spacial score (nSPS) is 13.8. The van der Waals surface area contributed by atoms with Crippen LogP contribution in [0.4, 0.5) is 0 Å². The van der Waals surface area contributed by atoms with Crippen LogP contribution in [0.2, 0.25) is 0 Å². The van der Waals surface area contributed by atoms with Gasteiger partial charge in [-0.1, -0.05) is 12.1 Å². The second-order valence-corrected chi connectivity index (χ2v) is 4.28. The van der Waals surface area contributed by atoms with Crippen LogP contribution in [0.25, 0.3) is 0 Å². The monoisotopic (exact) mass is 251 g/mol. The van der Waals surface area contributed by atoms with Crippen LogP contribution in [0.3, 0.4) is 0 Å². The second-order valence-electron chi connectivity index (χ2n) is 4.28. The number of rotatable bonds is 5. The summed E-state index contributed by atoms with van der Waals surface area (Å²) in [4.78, 5) is 13.7. The molecule has 0 fully saturated rings. The van der Waals surface area contributed by atoms with Crippen LogP contribution in [-0.2, 0) is 9.53 Å². The molecule has 4 nitrogen and oxygen atoms in total. The Morgan fingerprint density at radius 2 is 1.72 bits per heavy atom. The fraction of sp³-hybridized carbons (Fsp3) is 0.500. The highest BCUT2D eigenvalue weighted by molar-refractivity contribution is 5.80. The minimum absolute atomic E-state index is 0.000932. The van der Waals surface area contributed by atoms with Crippen molar-refractivity contribution in [2.24, 2.45) is 0 Å². The lowest BCUT2D eigenvalue weighted by molar-refractivity contribution is -0.141. The number of amides is 1. The Balaban J connectivity index is 2.79.